The first-order valence-corrected chi connectivity index (χ1v) is 10.6. The molecule has 2 fully saturated rings. The zero-order valence-corrected chi connectivity index (χ0v) is 17.0. The first-order valence-electron chi connectivity index (χ1n) is 10.6. The number of nitrogens with one attached hydrogen (secondary N) is 2. The third-order valence-corrected chi connectivity index (χ3v) is 5.18. The van der Waals surface area contributed by atoms with Crippen molar-refractivity contribution < 1.29 is 14.2 Å². The van der Waals surface area contributed by atoms with Gasteiger partial charge in [-0.15, -0.1) is 0 Å². The molecule has 0 aromatic carbocycles. The smallest absolute Gasteiger partial charge is 0.213 e. The molecule has 28 heavy (non-hydrogen) atoms. The van der Waals surface area contributed by atoms with Crippen LogP contribution in [0, 0.1) is 0 Å². The molecular weight excluding hydrogens is 356 g/mol. The minimum absolute atomic E-state index is 0.272. The predicted molar refractivity (Wildman–Crippen MR) is 110 cm³/mol. The lowest BCUT2D eigenvalue weighted by molar-refractivity contribution is 0.0420. The lowest BCUT2D eigenvalue weighted by atomic mass is 9.98. The quantitative estimate of drug-likeness (QED) is 0.383. The maximum Gasteiger partial charge on any atom is 0.213 e. The summed E-state index contributed by atoms with van der Waals surface area (Å²) in [6.45, 7) is 3.79. The maximum atomic E-state index is 6.06. The standard InChI is InChI=1S/C21H34N4O3/c1-22-21(24-10-5-12-27-19-9-13-26-16-19)25-15-17-8-11-23-20(14-17)28-18-6-3-2-4-7-18/h8,11,14,18-19H,2-7,9-10,12-13,15-16H2,1H3,(H2,22,24,25). The summed E-state index contributed by atoms with van der Waals surface area (Å²) in [5.41, 5.74) is 1.13. The molecule has 1 atom stereocenters. The largest absolute Gasteiger partial charge is 0.474 e. The topological polar surface area (TPSA) is 77.0 Å². The number of nitrogens with zero attached hydrogens (tertiary/aromatic N) is 2. The van der Waals surface area contributed by atoms with Gasteiger partial charge in [-0.2, -0.15) is 0 Å². The average Bonchev–Trinajstić information content (AvgIpc) is 3.25. The lowest BCUT2D eigenvalue weighted by Crippen LogP contribution is -2.37. The molecule has 1 unspecified atom stereocenters. The lowest BCUT2D eigenvalue weighted by Gasteiger charge is -2.22. The molecule has 1 saturated heterocycles. The van der Waals surface area contributed by atoms with Gasteiger partial charge in [-0.3, -0.25) is 4.99 Å². The van der Waals surface area contributed by atoms with Crippen molar-refractivity contribution in [2.24, 2.45) is 4.99 Å². The number of rotatable bonds is 9. The van der Waals surface area contributed by atoms with E-state index in [9.17, 15) is 0 Å². The van der Waals surface area contributed by atoms with E-state index in [1.807, 2.05) is 18.3 Å². The predicted octanol–water partition coefficient (Wildman–Crippen LogP) is 2.65. The number of hydrogen-bond acceptors (Lipinski definition) is 5. The maximum absolute atomic E-state index is 6.06. The van der Waals surface area contributed by atoms with Crippen molar-refractivity contribution in [1.82, 2.24) is 15.6 Å². The Kier molecular flexibility index (Phi) is 8.84. The van der Waals surface area contributed by atoms with Gasteiger partial charge in [-0.05, 0) is 50.2 Å². The van der Waals surface area contributed by atoms with Crippen LogP contribution >= 0.6 is 0 Å². The number of aliphatic imine (C=N–C) groups is 1. The molecule has 2 aliphatic rings. The second-order valence-corrected chi connectivity index (χ2v) is 7.44. The average molecular weight is 391 g/mol. The molecule has 1 aliphatic carbocycles. The highest BCUT2D eigenvalue weighted by Crippen LogP contribution is 2.22. The van der Waals surface area contributed by atoms with E-state index in [0.29, 0.717) is 12.6 Å². The Hall–Kier alpha value is -1.86. The van der Waals surface area contributed by atoms with Gasteiger partial charge in [-0.25, -0.2) is 4.98 Å². The van der Waals surface area contributed by atoms with Gasteiger partial charge in [0, 0.05) is 45.6 Å². The summed E-state index contributed by atoms with van der Waals surface area (Å²) in [6, 6.07) is 4.03. The Morgan fingerprint density at radius 2 is 2.11 bits per heavy atom. The van der Waals surface area contributed by atoms with Gasteiger partial charge in [0.25, 0.3) is 0 Å². The molecule has 1 aromatic heterocycles. The highest BCUT2D eigenvalue weighted by molar-refractivity contribution is 5.79. The van der Waals surface area contributed by atoms with Crippen LogP contribution in [0.3, 0.4) is 0 Å². The molecule has 1 aromatic rings. The SMILES string of the molecule is CN=C(NCCCOC1CCOC1)NCc1ccnc(OC2CCCCC2)c1. The fourth-order valence-corrected chi connectivity index (χ4v) is 3.56. The summed E-state index contributed by atoms with van der Waals surface area (Å²) in [5, 5.41) is 6.67. The summed E-state index contributed by atoms with van der Waals surface area (Å²) in [6.07, 6.45) is 10.5. The summed E-state index contributed by atoms with van der Waals surface area (Å²) >= 11 is 0. The van der Waals surface area contributed by atoms with Crippen molar-refractivity contribution in [3.8, 4) is 5.88 Å². The molecule has 0 bridgehead atoms. The van der Waals surface area contributed by atoms with Crippen molar-refractivity contribution >= 4 is 5.96 Å². The summed E-state index contributed by atoms with van der Waals surface area (Å²) < 4.78 is 17.1. The van der Waals surface area contributed by atoms with Crippen molar-refractivity contribution in [1.29, 1.82) is 0 Å². The van der Waals surface area contributed by atoms with E-state index >= 15 is 0 Å². The van der Waals surface area contributed by atoms with E-state index in [0.717, 1.165) is 69.5 Å². The molecule has 0 radical (unpaired) electrons. The molecule has 0 spiro atoms. The zero-order chi connectivity index (χ0) is 19.4. The molecule has 2 heterocycles. The summed E-state index contributed by atoms with van der Waals surface area (Å²) in [5.74, 6) is 1.51. The summed E-state index contributed by atoms with van der Waals surface area (Å²) in [4.78, 5) is 8.65. The Morgan fingerprint density at radius 1 is 1.21 bits per heavy atom. The van der Waals surface area contributed by atoms with Crippen LogP contribution in [0.15, 0.2) is 23.3 Å². The van der Waals surface area contributed by atoms with Crippen LogP contribution in [-0.4, -0.2) is 56.6 Å². The molecule has 0 amide bonds. The number of pyridine rings is 1. The van der Waals surface area contributed by atoms with Crippen LogP contribution in [0.1, 0.15) is 50.5 Å². The van der Waals surface area contributed by atoms with Gasteiger partial charge in [0.1, 0.15) is 6.10 Å². The van der Waals surface area contributed by atoms with Gasteiger partial charge in [0.15, 0.2) is 5.96 Å². The van der Waals surface area contributed by atoms with E-state index < -0.39 is 0 Å². The van der Waals surface area contributed by atoms with Gasteiger partial charge < -0.3 is 24.8 Å². The normalized spacial score (nSPS) is 20.9. The van der Waals surface area contributed by atoms with Crippen molar-refractivity contribution in [3.63, 3.8) is 0 Å². The zero-order valence-electron chi connectivity index (χ0n) is 17.0. The number of aromatic nitrogens is 1. The van der Waals surface area contributed by atoms with Gasteiger partial charge in [0.05, 0.1) is 12.7 Å². The number of hydrogen-bond donors (Lipinski definition) is 2. The minimum Gasteiger partial charge on any atom is -0.474 e. The minimum atomic E-state index is 0.272. The first kappa shape index (κ1) is 20.9. The van der Waals surface area contributed by atoms with Crippen molar-refractivity contribution in [2.45, 2.75) is 63.7 Å². The molecule has 156 valence electrons. The summed E-state index contributed by atoms with van der Waals surface area (Å²) in [7, 11) is 1.78. The van der Waals surface area contributed by atoms with E-state index in [1.54, 1.807) is 7.05 Å². The van der Waals surface area contributed by atoms with E-state index in [-0.39, 0.29) is 6.10 Å². The molecular formula is C21H34N4O3. The van der Waals surface area contributed by atoms with E-state index in [1.165, 1.54) is 19.3 Å². The molecule has 7 heteroatoms. The number of ether oxygens (including phenoxy) is 3. The monoisotopic (exact) mass is 390 g/mol. The Balaban J connectivity index is 1.34. The van der Waals surface area contributed by atoms with E-state index in [2.05, 4.69) is 20.6 Å². The van der Waals surface area contributed by atoms with Crippen molar-refractivity contribution in [2.75, 3.05) is 33.4 Å². The fraction of sp³-hybridized carbons (Fsp3) is 0.714. The van der Waals surface area contributed by atoms with E-state index in [4.69, 9.17) is 14.2 Å². The third-order valence-electron chi connectivity index (χ3n) is 5.18. The van der Waals surface area contributed by atoms with Crippen LogP contribution in [0.2, 0.25) is 0 Å². The first-order chi connectivity index (χ1) is 13.8. The van der Waals surface area contributed by atoms with Crippen LogP contribution in [0.25, 0.3) is 0 Å². The second kappa shape index (κ2) is 11.9. The van der Waals surface area contributed by atoms with Crippen LogP contribution in [-0.2, 0) is 16.0 Å². The van der Waals surface area contributed by atoms with Crippen LogP contribution < -0.4 is 15.4 Å². The highest BCUT2D eigenvalue weighted by Gasteiger charge is 2.16. The number of guanidine groups is 1. The van der Waals surface area contributed by atoms with Crippen molar-refractivity contribution in [3.05, 3.63) is 23.9 Å². The Morgan fingerprint density at radius 3 is 2.89 bits per heavy atom. The molecule has 1 aliphatic heterocycles. The molecule has 7 nitrogen and oxygen atoms in total. The Bertz CT molecular complexity index is 599. The Labute approximate surface area is 168 Å². The van der Waals surface area contributed by atoms with Crippen LogP contribution in [0.4, 0.5) is 0 Å². The second-order valence-electron chi connectivity index (χ2n) is 7.44. The fourth-order valence-electron chi connectivity index (χ4n) is 3.56. The van der Waals surface area contributed by atoms with Gasteiger partial charge >= 0.3 is 0 Å². The van der Waals surface area contributed by atoms with Crippen LogP contribution in [0.5, 0.6) is 5.88 Å². The third kappa shape index (κ3) is 7.28. The molecule has 2 N–H and O–H groups in total. The van der Waals surface area contributed by atoms with Gasteiger partial charge in [-0.1, -0.05) is 6.42 Å². The highest BCUT2D eigenvalue weighted by atomic mass is 16.5. The molecule has 3 rings (SSSR count). The molecule has 1 saturated carbocycles. The van der Waals surface area contributed by atoms with Gasteiger partial charge in [0.2, 0.25) is 5.88 Å².